The van der Waals surface area contributed by atoms with Crippen LogP contribution in [0.3, 0.4) is 0 Å². The van der Waals surface area contributed by atoms with Gasteiger partial charge >= 0.3 is 0 Å². The number of anilines is 1. The number of sulfonamides is 1. The van der Waals surface area contributed by atoms with Crippen LogP contribution in [-0.2, 0) is 10.0 Å². The first kappa shape index (κ1) is 15.9. The van der Waals surface area contributed by atoms with Gasteiger partial charge in [-0.15, -0.1) is 0 Å². The van der Waals surface area contributed by atoms with Crippen molar-refractivity contribution in [2.24, 2.45) is 0 Å². The van der Waals surface area contributed by atoms with E-state index >= 15 is 0 Å². The van der Waals surface area contributed by atoms with Gasteiger partial charge in [0.05, 0.1) is 10.6 Å². The third kappa shape index (κ3) is 3.06. The Kier molecular flexibility index (Phi) is 4.92. The SMILES string of the molecule is CCC(CC)N(C)S(=O)(=O)c1cc(N)c(F)cc1C. The second-order valence-electron chi connectivity index (χ2n) is 4.63. The maximum absolute atomic E-state index is 13.3. The molecule has 0 fully saturated rings. The molecule has 0 saturated heterocycles. The van der Waals surface area contributed by atoms with Crippen molar-refractivity contribution in [3.8, 4) is 0 Å². The Labute approximate surface area is 114 Å². The number of nitrogens with zero attached hydrogens (tertiary/aromatic N) is 1. The summed E-state index contributed by atoms with van der Waals surface area (Å²) in [5, 5.41) is 0. The molecule has 0 aliphatic heterocycles. The summed E-state index contributed by atoms with van der Waals surface area (Å²) in [7, 11) is -2.10. The van der Waals surface area contributed by atoms with E-state index in [0.29, 0.717) is 5.56 Å². The van der Waals surface area contributed by atoms with E-state index in [2.05, 4.69) is 0 Å². The molecular weight excluding hydrogens is 267 g/mol. The maximum atomic E-state index is 13.3. The molecule has 0 aliphatic carbocycles. The van der Waals surface area contributed by atoms with E-state index in [1.165, 1.54) is 10.4 Å². The standard InChI is InChI=1S/C13H21FN2O2S/c1-5-10(6-2)16(4)19(17,18)13-8-12(15)11(14)7-9(13)3/h7-8,10H,5-6,15H2,1-4H3. The molecule has 0 amide bonds. The molecule has 0 atom stereocenters. The van der Waals surface area contributed by atoms with Gasteiger partial charge in [0.25, 0.3) is 0 Å². The van der Waals surface area contributed by atoms with Crippen molar-refractivity contribution < 1.29 is 12.8 Å². The Balaban J connectivity index is 3.31. The van der Waals surface area contributed by atoms with Gasteiger partial charge in [-0.3, -0.25) is 0 Å². The van der Waals surface area contributed by atoms with Crippen LogP contribution < -0.4 is 5.73 Å². The van der Waals surface area contributed by atoms with Crippen LogP contribution >= 0.6 is 0 Å². The smallest absolute Gasteiger partial charge is 0.243 e. The van der Waals surface area contributed by atoms with Crippen molar-refractivity contribution in [2.75, 3.05) is 12.8 Å². The van der Waals surface area contributed by atoms with Gasteiger partial charge in [0.2, 0.25) is 10.0 Å². The Morgan fingerprint density at radius 2 is 1.84 bits per heavy atom. The molecule has 0 aliphatic rings. The molecule has 0 heterocycles. The van der Waals surface area contributed by atoms with Crippen molar-refractivity contribution in [1.29, 1.82) is 0 Å². The molecule has 0 spiro atoms. The number of rotatable bonds is 5. The summed E-state index contributed by atoms with van der Waals surface area (Å²) in [6, 6.07) is 2.28. The number of benzene rings is 1. The molecule has 0 saturated carbocycles. The Bertz CT molecular complexity index is 554. The number of hydrogen-bond acceptors (Lipinski definition) is 3. The third-order valence-electron chi connectivity index (χ3n) is 3.41. The first-order chi connectivity index (χ1) is 8.75. The fourth-order valence-electron chi connectivity index (χ4n) is 2.10. The van der Waals surface area contributed by atoms with Crippen molar-refractivity contribution in [3.05, 3.63) is 23.5 Å². The van der Waals surface area contributed by atoms with Crippen LogP contribution in [-0.4, -0.2) is 25.8 Å². The molecule has 1 aromatic rings. The van der Waals surface area contributed by atoms with Crippen LogP contribution in [0.2, 0.25) is 0 Å². The number of nitrogens with two attached hydrogens (primary N) is 1. The van der Waals surface area contributed by atoms with Gasteiger partial charge in [-0.05, 0) is 37.5 Å². The summed E-state index contributed by atoms with van der Waals surface area (Å²) in [5.74, 6) is -0.596. The second kappa shape index (κ2) is 5.88. The lowest BCUT2D eigenvalue weighted by Crippen LogP contribution is -2.36. The lowest BCUT2D eigenvalue weighted by Gasteiger charge is -2.26. The first-order valence-electron chi connectivity index (χ1n) is 6.29. The number of hydrogen-bond donors (Lipinski definition) is 1. The lowest BCUT2D eigenvalue weighted by molar-refractivity contribution is 0.349. The number of halogens is 1. The van der Waals surface area contributed by atoms with Crippen molar-refractivity contribution in [3.63, 3.8) is 0 Å². The van der Waals surface area contributed by atoms with Crippen LogP contribution in [0.25, 0.3) is 0 Å². The van der Waals surface area contributed by atoms with E-state index in [4.69, 9.17) is 5.73 Å². The largest absolute Gasteiger partial charge is 0.396 e. The number of nitrogen functional groups attached to an aromatic ring is 1. The van der Waals surface area contributed by atoms with Gasteiger partial charge in [-0.25, -0.2) is 12.8 Å². The van der Waals surface area contributed by atoms with Crippen molar-refractivity contribution >= 4 is 15.7 Å². The van der Waals surface area contributed by atoms with Gasteiger partial charge in [0, 0.05) is 13.1 Å². The lowest BCUT2D eigenvalue weighted by atomic mass is 10.2. The van der Waals surface area contributed by atoms with Gasteiger partial charge in [-0.2, -0.15) is 4.31 Å². The molecule has 1 rings (SSSR count). The highest BCUT2D eigenvalue weighted by Gasteiger charge is 2.28. The second-order valence-corrected chi connectivity index (χ2v) is 6.60. The molecule has 1 aromatic carbocycles. The normalized spacial score (nSPS) is 12.4. The minimum Gasteiger partial charge on any atom is -0.396 e. The summed E-state index contributed by atoms with van der Waals surface area (Å²) < 4.78 is 39.7. The van der Waals surface area contributed by atoms with E-state index in [1.807, 2.05) is 13.8 Å². The summed E-state index contributed by atoms with van der Waals surface area (Å²) >= 11 is 0. The fourth-order valence-corrected chi connectivity index (χ4v) is 3.84. The Morgan fingerprint density at radius 3 is 2.32 bits per heavy atom. The summed E-state index contributed by atoms with van der Waals surface area (Å²) in [6.45, 7) is 5.44. The zero-order valence-corrected chi connectivity index (χ0v) is 12.6. The van der Waals surface area contributed by atoms with E-state index in [0.717, 1.165) is 18.9 Å². The first-order valence-corrected chi connectivity index (χ1v) is 7.73. The van der Waals surface area contributed by atoms with Crippen LogP contribution in [0.15, 0.2) is 17.0 Å². The fraction of sp³-hybridized carbons (Fsp3) is 0.538. The highest BCUT2D eigenvalue weighted by molar-refractivity contribution is 7.89. The van der Waals surface area contributed by atoms with Gasteiger partial charge in [-0.1, -0.05) is 13.8 Å². The monoisotopic (exact) mass is 288 g/mol. The average Bonchev–Trinajstić information content (AvgIpc) is 2.34. The molecular formula is C13H21FN2O2S. The summed E-state index contributed by atoms with van der Waals surface area (Å²) in [5.41, 5.74) is 5.68. The van der Waals surface area contributed by atoms with Gasteiger partial charge < -0.3 is 5.73 Å². The highest BCUT2D eigenvalue weighted by atomic mass is 32.2. The molecule has 6 heteroatoms. The molecule has 19 heavy (non-hydrogen) atoms. The molecule has 0 unspecified atom stereocenters. The van der Waals surface area contributed by atoms with E-state index in [-0.39, 0.29) is 16.6 Å². The Hall–Kier alpha value is -1.14. The van der Waals surface area contributed by atoms with Crippen molar-refractivity contribution in [1.82, 2.24) is 4.31 Å². The molecule has 2 N–H and O–H groups in total. The highest BCUT2D eigenvalue weighted by Crippen LogP contribution is 2.26. The predicted molar refractivity (Wildman–Crippen MR) is 74.9 cm³/mol. The van der Waals surface area contributed by atoms with E-state index < -0.39 is 15.8 Å². The minimum absolute atomic E-state index is 0.0702. The van der Waals surface area contributed by atoms with E-state index in [1.54, 1.807) is 14.0 Å². The minimum atomic E-state index is -3.65. The maximum Gasteiger partial charge on any atom is 0.243 e. The molecule has 4 nitrogen and oxygen atoms in total. The molecule has 0 bridgehead atoms. The van der Waals surface area contributed by atoms with Crippen LogP contribution in [0.4, 0.5) is 10.1 Å². The van der Waals surface area contributed by atoms with Crippen LogP contribution in [0.5, 0.6) is 0 Å². The molecule has 0 aromatic heterocycles. The van der Waals surface area contributed by atoms with E-state index in [9.17, 15) is 12.8 Å². The summed E-state index contributed by atoms with van der Waals surface area (Å²) in [6.07, 6.45) is 1.45. The number of aryl methyl sites for hydroxylation is 1. The van der Waals surface area contributed by atoms with Crippen molar-refractivity contribution in [2.45, 2.75) is 44.6 Å². The summed E-state index contributed by atoms with van der Waals surface area (Å²) in [4.78, 5) is 0.0702. The average molecular weight is 288 g/mol. The Morgan fingerprint density at radius 1 is 1.32 bits per heavy atom. The van der Waals surface area contributed by atoms with Crippen LogP contribution in [0, 0.1) is 12.7 Å². The third-order valence-corrected chi connectivity index (χ3v) is 5.46. The zero-order valence-electron chi connectivity index (χ0n) is 11.8. The van der Waals surface area contributed by atoms with Gasteiger partial charge in [0.1, 0.15) is 5.82 Å². The molecule has 0 radical (unpaired) electrons. The van der Waals surface area contributed by atoms with Crippen LogP contribution in [0.1, 0.15) is 32.3 Å². The quantitative estimate of drug-likeness (QED) is 0.847. The van der Waals surface area contributed by atoms with Gasteiger partial charge in [0.15, 0.2) is 0 Å². The topological polar surface area (TPSA) is 63.4 Å². The molecule has 108 valence electrons. The predicted octanol–water partition coefficient (Wildman–Crippen LogP) is 2.53. The zero-order chi connectivity index (χ0) is 14.8.